The second kappa shape index (κ2) is 12.1. The zero-order valence-corrected chi connectivity index (χ0v) is 13.0. The van der Waals surface area contributed by atoms with Gasteiger partial charge < -0.3 is 9.90 Å². The van der Waals surface area contributed by atoms with Crippen LogP contribution in [-0.2, 0) is 4.79 Å². The average molecular weight is 280 g/mol. The number of rotatable bonds is 12. The molecule has 1 unspecified atom stereocenters. The molecule has 0 aromatic heterocycles. The fourth-order valence-corrected chi connectivity index (χ4v) is 3.05. The Bertz CT molecular complexity index is 271. The van der Waals surface area contributed by atoms with Crippen LogP contribution < -0.4 is 0 Å². The predicted molar refractivity (Wildman–Crippen MR) is 84.7 cm³/mol. The first-order valence-corrected chi connectivity index (χ1v) is 8.62. The number of aldehydes is 1. The van der Waals surface area contributed by atoms with Gasteiger partial charge in [-0.25, -0.2) is 0 Å². The summed E-state index contributed by atoms with van der Waals surface area (Å²) in [4.78, 5) is 10.8. The van der Waals surface area contributed by atoms with Gasteiger partial charge >= 0.3 is 0 Å². The van der Waals surface area contributed by atoms with E-state index in [4.69, 9.17) is 5.11 Å². The first-order chi connectivity index (χ1) is 9.86. The molecule has 1 rings (SSSR count). The van der Waals surface area contributed by atoms with Crippen LogP contribution >= 0.6 is 0 Å². The van der Waals surface area contributed by atoms with Crippen LogP contribution in [0.25, 0.3) is 0 Å². The summed E-state index contributed by atoms with van der Waals surface area (Å²) in [7, 11) is 0. The van der Waals surface area contributed by atoms with E-state index >= 15 is 0 Å². The van der Waals surface area contributed by atoms with Crippen molar-refractivity contribution in [1.29, 1.82) is 0 Å². The molecular formula is C18H32O2. The SMILES string of the molecule is O=CC1C=C(CCCCCCCCCCCO)CCC1. The van der Waals surface area contributed by atoms with E-state index in [-0.39, 0.29) is 5.92 Å². The van der Waals surface area contributed by atoms with Gasteiger partial charge in [-0.2, -0.15) is 0 Å². The normalized spacial score (nSPS) is 18.9. The van der Waals surface area contributed by atoms with Crippen LogP contribution in [0, 0.1) is 5.92 Å². The van der Waals surface area contributed by atoms with Crippen LogP contribution in [0.15, 0.2) is 11.6 Å². The van der Waals surface area contributed by atoms with E-state index in [2.05, 4.69) is 6.08 Å². The molecule has 2 heteroatoms. The van der Waals surface area contributed by atoms with Crippen molar-refractivity contribution in [3.05, 3.63) is 11.6 Å². The minimum atomic E-state index is 0.206. The van der Waals surface area contributed by atoms with Gasteiger partial charge in [0.2, 0.25) is 0 Å². The highest BCUT2D eigenvalue weighted by Crippen LogP contribution is 2.25. The minimum absolute atomic E-state index is 0.206. The number of carbonyl (C=O) groups excluding carboxylic acids is 1. The molecule has 0 spiro atoms. The molecular weight excluding hydrogens is 248 g/mol. The maximum atomic E-state index is 10.8. The quantitative estimate of drug-likeness (QED) is 0.316. The van der Waals surface area contributed by atoms with Gasteiger partial charge in [0.15, 0.2) is 0 Å². The summed E-state index contributed by atoms with van der Waals surface area (Å²) in [5.41, 5.74) is 1.53. The third-order valence-corrected chi connectivity index (χ3v) is 4.32. The molecule has 0 amide bonds. The van der Waals surface area contributed by atoms with Crippen LogP contribution in [0.2, 0.25) is 0 Å². The number of unbranched alkanes of at least 4 members (excludes halogenated alkanes) is 8. The van der Waals surface area contributed by atoms with Crippen molar-refractivity contribution < 1.29 is 9.90 Å². The molecule has 20 heavy (non-hydrogen) atoms. The second-order valence-corrected chi connectivity index (χ2v) is 6.17. The van der Waals surface area contributed by atoms with E-state index in [1.807, 2.05) is 0 Å². The van der Waals surface area contributed by atoms with Crippen LogP contribution in [0.1, 0.15) is 83.5 Å². The van der Waals surface area contributed by atoms with Gasteiger partial charge in [-0.3, -0.25) is 0 Å². The van der Waals surface area contributed by atoms with Gasteiger partial charge in [-0.05, 0) is 38.5 Å². The van der Waals surface area contributed by atoms with E-state index in [9.17, 15) is 4.79 Å². The zero-order valence-electron chi connectivity index (χ0n) is 13.0. The molecule has 0 fully saturated rings. The lowest BCUT2D eigenvalue weighted by atomic mass is 9.89. The Balaban J connectivity index is 1.89. The van der Waals surface area contributed by atoms with Crippen molar-refractivity contribution in [2.75, 3.05) is 6.61 Å². The Kier molecular flexibility index (Phi) is 10.6. The standard InChI is InChI=1S/C18H32O2/c19-14-9-7-5-3-1-2-4-6-8-11-17-12-10-13-18(15-17)16-20/h15-16,18-19H,1-14H2. The molecule has 0 saturated carbocycles. The van der Waals surface area contributed by atoms with Crippen LogP contribution in [0.3, 0.4) is 0 Å². The average Bonchev–Trinajstić information content (AvgIpc) is 2.49. The van der Waals surface area contributed by atoms with Gasteiger partial charge in [0.25, 0.3) is 0 Å². The predicted octanol–water partition coefficient (Wildman–Crippen LogP) is 4.81. The monoisotopic (exact) mass is 280 g/mol. The lowest BCUT2D eigenvalue weighted by molar-refractivity contribution is -0.110. The summed E-state index contributed by atoms with van der Waals surface area (Å²) >= 11 is 0. The number of aliphatic hydroxyl groups is 1. The van der Waals surface area contributed by atoms with Crippen LogP contribution in [-0.4, -0.2) is 18.0 Å². The third kappa shape index (κ3) is 8.52. The molecule has 0 saturated heterocycles. The first kappa shape index (κ1) is 17.4. The fourth-order valence-electron chi connectivity index (χ4n) is 3.05. The van der Waals surface area contributed by atoms with E-state index in [0.29, 0.717) is 6.61 Å². The topological polar surface area (TPSA) is 37.3 Å². The lowest BCUT2D eigenvalue weighted by Gasteiger charge is -2.16. The maximum absolute atomic E-state index is 10.8. The van der Waals surface area contributed by atoms with Crippen molar-refractivity contribution in [1.82, 2.24) is 0 Å². The highest BCUT2D eigenvalue weighted by Gasteiger charge is 2.11. The molecule has 0 heterocycles. The fraction of sp³-hybridized carbons (Fsp3) is 0.833. The van der Waals surface area contributed by atoms with Crippen molar-refractivity contribution in [2.24, 2.45) is 5.92 Å². The number of carbonyl (C=O) groups is 1. The van der Waals surface area contributed by atoms with E-state index < -0.39 is 0 Å². The van der Waals surface area contributed by atoms with Gasteiger partial charge in [-0.1, -0.05) is 56.6 Å². The Morgan fingerprint density at radius 1 is 1.00 bits per heavy atom. The first-order valence-electron chi connectivity index (χ1n) is 8.62. The molecule has 0 aromatic carbocycles. The Hall–Kier alpha value is -0.630. The summed E-state index contributed by atoms with van der Waals surface area (Å²) in [6.07, 6.45) is 19.4. The summed E-state index contributed by atoms with van der Waals surface area (Å²) in [5.74, 6) is 0.206. The molecule has 1 atom stereocenters. The smallest absolute Gasteiger partial charge is 0.126 e. The summed E-state index contributed by atoms with van der Waals surface area (Å²) in [6, 6.07) is 0. The van der Waals surface area contributed by atoms with Gasteiger partial charge in [-0.15, -0.1) is 0 Å². The number of hydrogen-bond donors (Lipinski definition) is 1. The molecule has 0 radical (unpaired) electrons. The van der Waals surface area contributed by atoms with Crippen LogP contribution in [0.4, 0.5) is 0 Å². The molecule has 116 valence electrons. The third-order valence-electron chi connectivity index (χ3n) is 4.32. The highest BCUT2D eigenvalue weighted by molar-refractivity contribution is 5.57. The summed E-state index contributed by atoms with van der Waals surface area (Å²) in [5, 5.41) is 8.68. The van der Waals surface area contributed by atoms with Crippen molar-refractivity contribution in [2.45, 2.75) is 83.5 Å². The molecule has 1 aliphatic carbocycles. The molecule has 2 nitrogen and oxygen atoms in total. The van der Waals surface area contributed by atoms with E-state index in [1.165, 1.54) is 76.2 Å². The summed E-state index contributed by atoms with van der Waals surface area (Å²) in [6.45, 7) is 0.348. The lowest BCUT2D eigenvalue weighted by Crippen LogP contribution is -2.05. The molecule has 0 aromatic rings. The minimum Gasteiger partial charge on any atom is -0.396 e. The highest BCUT2D eigenvalue weighted by atomic mass is 16.2. The van der Waals surface area contributed by atoms with Crippen molar-refractivity contribution in [3.8, 4) is 0 Å². The Morgan fingerprint density at radius 3 is 2.20 bits per heavy atom. The van der Waals surface area contributed by atoms with E-state index in [0.717, 1.165) is 19.1 Å². The molecule has 0 aliphatic heterocycles. The van der Waals surface area contributed by atoms with Gasteiger partial charge in [0, 0.05) is 12.5 Å². The van der Waals surface area contributed by atoms with Gasteiger partial charge in [0.1, 0.15) is 6.29 Å². The molecule has 1 aliphatic rings. The number of aliphatic hydroxyl groups excluding tert-OH is 1. The Labute approximate surface area is 124 Å². The number of allylic oxidation sites excluding steroid dienone is 2. The second-order valence-electron chi connectivity index (χ2n) is 6.17. The van der Waals surface area contributed by atoms with E-state index in [1.54, 1.807) is 0 Å². The Morgan fingerprint density at radius 2 is 1.60 bits per heavy atom. The molecule has 0 bridgehead atoms. The van der Waals surface area contributed by atoms with Crippen molar-refractivity contribution >= 4 is 6.29 Å². The van der Waals surface area contributed by atoms with Crippen molar-refractivity contribution in [3.63, 3.8) is 0 Å². The number of hydrogen-bond acceptors (Lipinski definition) is 2. The molecule has 1 N–H and O–H groups in total. The summed E-state index contributed by atoms with van der Waals surface area (Å²) < 4.78 is 0. The zero-order chi connectivity index (χ0) is 14.5. The van der Waals surface area contributed by atoms with Crippen LogP contribution in [0.5, 0.6) is 0 Å². The van der Waals surface area contributed by atoms with Gasteiger partial charge in [0.05, 0.1) is 0 Å². The maximum Gasteiger partial charge on any atom is 0.126 e. The largest absolute Gasteiger partial charge is 0.396 e.